The van der Waals surface area contributed by atoms with E-state index in [1.54, 1.807) is 0 Å². The van der Waals surface area contributed by atoms with Gasteiger partial charge in [-0.25, -0.2) is 0 Å². The smallest absolute Gasteiger partial charge is 0.252 e. The summed E-state index contributed by atoms with van der Waals surface area (Å²) in [4.78, 5) is 12.2. The summed E-state index contributed by atoms with van der Waals surface area (Å²) >= 11 is 0. The summed E-state index contributed by atoms with van der Waals surface area (Å²) in [6, 6.07) is 5.96. The Hall–Kier alpha value is -1.51. The number of carbonyl (C=O) groups is 1. The molecule has 0 aromatic heterocycles. The molecule has 0 bridgehead atoms. The molecule has 0 radical (unpaired) electrons. The normalized spacial score (nSPS) is 20.1. The standard InChI is InChI=1S/C14H18N2O/c1-14(7-8-14)16-13(17)11-4-2-6-12-10(11)5-3-9-15-12/h2,4,6,15H,3,5,7-9H2,1H3,(H,16,17). The van der Waals surface area contributed by atoms with E-state index in [-0.39, 0.29) is 11.4 Å². The summed E-state index contributed by atoms with van der Waals surface area (Å²) in [6.45, 7) is 3.12. The van der Waals surface area contributed by atoms with E-state index in [0.717, 1.165) is 43.5 Å². The average molecular weight is 230 g/mol. The highest BCUT2D eigenvalue weighted by Crippen LogP contribution is 2.35. The Kier molecular flexibility index (Phi) is 2.35. The zero-order valence-electron chi connectivity index (χ0n) is 10.2. The van der Waals surface area contributed by atoms with Crippen molar-refractivity contribution in [3.63, 3.8) is 0 Å². The average Bonchev–Trinajstić information content (AvgIpc) is 3.06. The number of hydrogen-bond acceptors (Lipinski definition) is 2. The largest absolute Gasteiger partial charge is 0.385 e. The Balaban J connectivity index is 1.89. The molecular weight excluding hydrogens is 212 g/mol. The number of hydrogen-bond donors (Lipinski definition) is 2. The van der Waals surface area contributed by atoms with Gasteiger partial charge in [0.15, 0.2) is 0 Å². The van der Waals surface area contributed by atoms with Crippen LogP contribution in [0.3, 0.4) is 0 Å². The first-order valence-electron chi connectivity index (χ1n) is 6.36. The maximum absolute atomic E-state index is 12.2. The second kappa shape index (κ2) is 3.76. The summed E-state index contributed by atoms with van der Waals surface area (Å²) in [7, 11) is 0. The van der Waals surface area contributed by atoms with E-state index < -0.39 is 0 Å². The van der Waals surface area contributed by atoms with Gasteiger partial charge in [-0.05, 0) is 50.3 Å². The number of benzene rings is 1. The van der Waals surface area contributed by atoms with Crippen LogP contribution in [0.5, 0.6) is 0 Å². The van der Waals surface area contributed by atoms with Crippen LogP contribution in [0.2, 0.25) is 0 Å². The molecule has 1 aliphatic heterocycles. The van der Waals surface area contributed by atoms with Gasteiger partial charge in [0.2, 0.25) is 0 Å². The number of rotatable bonds is 2. The first-order chi connectivity index (χ1) is 8.18. The lowest BCUT2D eigenvalue weighted by molar-refractivity contribution is 0.0934. The molecule has 0 saturated heterocycles. The van der Waals surface area contributed by atoms with Crippen LogP contribution in [0.1, 0.15) is 42.1 Å². The first-order valence-corrected chi connectivity index (χ1v) is 6.36. The molecule has 17 heavy (non-hydrogen) atoms. The van der Waals surface area contributed by atoms with Crippen molar-refractivity contribution in [3.05, 3.63) is 29.3 Å². The van der Waals surface area contributed by atoms with Crippen LogP contribution in [0.4, 0.5) is 5.69 Å². The summed E-state index contributed by atoms with van der Waals surface area (Å²) in [5, 5.41) is 6.49. The molecule has 90 valence electrons. The van der Waals surface area contributed by atoms with Crippen LogP contribution < -0.4 is 10.6 Å². The van der Waals surface area contributed by atoms with Crippen molar-refractivity contribution in [1.82, 2.24) is 5.32 Å². The van der Waals surface area contributed by atoms with E-state index in [2.05, 4.69) is 23.6 Å². The molecule has 3 nitrogen and oxygen atoms in total. The van der Waals surface area contributed by atoms with Crippen molar-refractivity contribution in [2.75, 3.05) is 11.9 Å². The minimum absolute atomic E-state index is 0.0574. The summed E-state index contributed by atoms with van der Waals surface area (Å²) in [6.07, 6.45) is 4.31. The number of nitrogens with one attached hydrogen (secondary N) is 2. The van der Waals surface area contributed by atoms with Gasteiger partial charge in [0.25, 0.3) is 5.91 Å². The molecule has 2 aliphatic rings. The molecule has 3 heteroatoms. The van der Waals surface area contributed by atoms with E-state index in [1.165, 1.54) is 5.56 Å². The Morgan fingerprint density at radius 2 is 2.24 bits per heavy atom. The Morgan fingerprint density at radius 3 is 3.00 bits per heavy atom. The molecule has 1 aromatic rings. The molecule has 1 heterocycles. The molecule has 2 N–H and O–H groups in total. The van der Waals surface area contributed by atoms with Crippen molar-refractivity contribution < 1.29 is 4.79 Å². The van der Waals surface area contributed by atoms with Crippen LogP contribution in [0.25, 0.3) is 0 Å². The van der Waals surface area contributed by atoms with Crippen LogP contribution in [-0.4, -0.2) is 18.0 Å². The third kappa shape index (κ3) is 2.02. The van der Waals surface area contributed by atoms with Crippen LogP contribution in [0.15, 0.2) is 18.2 Å². The van der Waals surface area contributed by atoms with Gasteiger partial charge in [-0.1, -0.05) is 6.07 Å². The third-order valence-corrected chi connectivity index (χ3v) is 3.75. The van der Waals surface area contributed by atoms with Crippen molar-refractivity contribution in [3.8, 4) is 0 Å². The van der Waals surface area contributed by atoms with Gasteiger partial charge in [0, 0.05) is 23.3 Å². The molecule has 1 saturated carbocycles. The second-order valence-corrected chi connectivity index (χ2v) is 5.38. The minimum Gasteiger partial charge on any atom is -0.385 e. The number of fused-ring (bicyclic) bond motifs is 1. The Bertz CT molecular complexity index is 463. The quantitative estimate of drug-likeness (QED) is 0.818. The van der Waals surface area contributed by atoms with Gasteiger partial charge in [0.05, 0.1) is 0 Å². The van der Waals surface area contributed by atoms with E-state index in [0.29, 0.717) is 0 Å². The molecule has 0 spiro atoms. The first kappa shape index (κ1) is 10.6. The van der Waals surface area contributed by atoms with E-state index in [9.17, 15) is 4.79 Å². The SMILES string of the molecule is CC1(NC(=O)c2cccc3c2CCCN3)CC1. The topological polar surface area (TPSA) is 41.1 Å². The molecule has 1 fully saturated rings. The highest BCUT2D eigenvalue weighted by atomic mass is 16.1. The van der Waals surface area contributed by atoms with Crippen LogP contribution in [0, 0.1) is 0 Å². The van der Waals surface area contributed by atoms with Gasteiger partial charge >= 0.3 is 0 Å². The van der Waals surface area contributed by atoms with E-state index in [1.807, 2.05) is 12.1 Å². The van der Waals surface area contributed by atoms with Crippen molar-refractivity contribution in [2.45, 2.75) is 38.1 Å². The van der Waals surface area contributed by atoms with Gasteiger partial charge in [0.1, 0.15) is 0 Å². The Morgan fingerprint density at radius 1 is 1.41 bits per heavy atom. The molecule has 3 rings (SSSR count). The number of anilines is 1. The summed E-state index contributed by atoms with van der Waals surface area (Å²) in [5.74, 6) is 0.0885. The molecule has 0 atom stereocenters. The van der Waals surface area contributed by atoms with Gasteiger partial charge < -0.3 is 10.6 Å². The lowest BCUT2D eigenvalue weighted by Crippen LogP contribution is -2.35. The molecule has 1 amide bonds. The van der Waals surface area contributed by atoms with Crippen molar-refractivity contribution in [1.29, 1.82) is 0 Å². The maximum Gasteiger partial charge on any atom is 0.252 e. The lowest BCUT2D eigenvalue weighted by Gasteiger charge is -2.21. The van der Waals surface area contributed by atoms with Gasteiger partial charge in [-0.15, -0.1) is 0 Å². The highest BCUT2D eigenvalue weighted by Gasteiger charge is 2.39. The summed E-state index contributed by atoms with van der Waals surface area (Å²) < 4.78 is 0. The predicted molar refractivity (Wildman–Crippen MR) is 68.4 cm³/mol. The molecule has 0 unspecified atom stereocenters. The van der Waals surface area contributed by atoms with Crippen molar-refractivity contribution >= 4 is 11.6 Å². The molecular formula is C14H18N2O. The lowest BCUT2D eigenvalue weighted by atomic mass is 9.97. The number of carbonyl (C=O) groups excluding carboxylic acids is 1. The van der Waals surface area contributed by atoms with Crippen LogP contribution >= 0.6 is 0 Å². The maximum atomic E-state index is 12.2. The summed E-state index contributed by atoms with van der Waals surface area (Å²) in [5.41, 5.74) is 3.22. The van der Waals surface area contributed by atoms with E-state index in [4.69, 9.17) is 0 Å². The van der Waals surface area contributed by atoms with Crippen LogP contribution in [-0.2, 0) is 6.42 Å². The van der Waals surface area contributed by atoms with E-state index >= 15 is 0 Å². The fourth-order valence-corrected chi connectivity index (χ4v) is 2.38. The fourth-order valence-electron chi connectivity index (χ4n) is 2.38. The molecule has 1 aromatic carbocycles. The minimum atomic E-state index is 0.0574. The number of amides is 1. The predicted octanol–water partition coefficient (Wildman–Crippen LogP) is 2.33. The third-order valence-electron chi connectivity index (χ3n) is 3.75. The zero-order chi connectivity index (χ0) is 11.9. The second-order valence-electron chi connectivity index (χ2n) is 5.38. The highest BCUT2D eigenvalue weighted by molar-refractivity contribution is 5.97. The Labute approximate surface area is 102 Å². The van der Waals surface area contributed by atoms with Crippen molar-refractivity contribution in [2.24, 2.45) is 0 Å². The van der Waals surface area contributed by atoms with Gasteiger partial charge in [-0.2, -0.15) is 0 Å². The zero-order valence-corrected chi connectivity index (χ0v) is 10.2. The van der Waals surface area contributed by atoms with Gasteiger partial charge in [-0.3, -0.25) is 4.79 Å². The fraction of sp³-hybridized carbons (Fsp3) is 0.500. The monoisotopic (exact) mass is 230 g/mol. The molecule has 1 aliphatic carbocycles.